The minimum Gasteiger partial charge on any atom is -0.361 e. The topological polar surface area (TPSA) is 44.9 Å². The summed E-state index contributed by atoms with van der Waals surface area (Å²) in [5.41, 5.74) is 1.68. The molecular formula is C16H16N2OS. The summed E-state index contributed by atoms with van der Waals surface area (Å²) in [7, 11) is 0. The number of amides is 1. The Morgan fingerprint density at radius 2 is 2.25 bits per heavy atom. The molecule has 20 heavy (non-hydrogen) atoms. The zero-order valence-corrected chi connectivity index (χ0v) is 12.0. The van der Waals surface area contributed by atoms with Crippen LogP contribution in [0.1, 0.15) is 34.6 Å². The Balaban J connectivity index is 1.81. The molecule has 3 nitrogen and oxygen atoms in total. The van der Waals surface area contributed by atoms with E-state index in [-0.39, 0.29) is 11.9 Å². The first-order valence-electron chi connectivity index (χ1n) is 6.69. The van der Waals surface area contributed by atoms with Crippen molar-refractivity contribution in [3.63, 3.8) is 0 Å². The number of carbonyl (C=O) groups is 1. The molecule has 102 valence electrons. The highest BCUT2D eigenvalue weighted by Crippen LogP contribution is 2.22. The molecule has 1 amide bonds. The van der Waals surface area contributed by atoms with E-state index < -0.39 is 0 Å². The molecule has 3 aromatic rings. The number of aromatic nitrogens is 1. The van der Waals surface area contributed by atoms with Gasteiger partial charge >= 0.3 is 0 Å². The maximum atomic E-state index is 12.4. The standard InChI is InChI=1S/C16H16N2OS/c1-2-13(15-4-3-9-20-15)18-16(19)12-6-5-11-7-8-17-14(11)10-12/h3-10,13,17H,2H2,1H3,(H,18,19). The van der Waals surface area contributed by atoms with Gasteiger partial charge in [-0.3, -0.25) is 4.79 Å². The fourth-order valence-corrected chi connectivity index (χ4v) is 3.16. The van der Waals surface area contributed by atoms with Crippen molar-refractivity contribution >= 4 is 28.1 Å². The molecule has 0 fully saturated rings. The summed E-state index contributed by atoms with van der Waals surface area (Å²) in [6, 6.07) is 11.9. The predicted octanol–water partition coefficient (Wildman–Crippen LogP) is 4.11. The number of carbonyl (C=O) groups excluding carboxylic acids is 1. The predicted molar refractivity (Wildman–Crippen MR) is 83.1 cm³/mol. The smallest absolute Gasteiger partial charge is 0.251 e. The van der Waals surface area contributed by atoms with Gasteiger partial charge in [0.1, 0.15) is 0 Å². The van der Waals surface area contributed by atoms with E-state index in [1.807, 2.05) is 41.9 Å². The molecule has 1 unspecified atom stereocenters. The van der Waals surface area contributed by atoms with Gasteiger partial charge < -0.3 is 10.3 Å². The molecule has 0 radical (unpaired) electrons. The van der Waals surface area contributed by atoms with Crippen LogP contribution in [-0.2, 0) is 0 Å². The summed E-state index contributed by atoms with van der Waals surface area (Å²) in [5.74, 6) is -0.0262. The molecule has 2 aromatic heterocycles. The van der Waals surface area contributed by atoms with Gasteiger partial charge in [-0.25, -0.2) is 0 Å². The monoisotopic (exact) mass is 284 g/mol. The molecule has 0 aliphatic carbocycles. The minimum absolute atomic E-state index is 0.0262. The summed E-state index contributed by atoms with van der Waals surface area (Å²) < 4.78 is 0. The van der Waals surface area contributed by atoms with Crippen molar-refractivity contribution in [2.24, 2.45) is 0 Å². The van der Waals surface area contributed by atoms with Crippen LogP contribution in [0, 0.1) is 0 Å². The lowest BCUT2D eigenvalue weighted by molar-refractivity contribution is 0.0936. The molecule has 3 rings (SSSR count). The average Bonchev–Trinajstić information content (AvgIpc) is 3.14. The van der Waals surface area contributed by atoms with Crippen molar-refractivity contribution in [2.45, 2.75) is 19.4 Å². The van der Waals surface area contributed by atoms with E-state index in [0.29, 0.717) is 5.56 Å². The van der Waals surface area contributed by atoms with Crippen LogP contribution in [0.4, 0.5) is 0 Å². The first-order valence-corrected chi connectivity index (χ1v) is 7.57. The minimum atomic E-state index is -0.0262. The van der Waals surface area contributed by atoms with E-state index >= 15 is 0 Å². The van der Waals surface area contributed by atoms with E-state index in [0.717, 1.165) is 17.3 Å². The van der Waals surface area contributed by atoms with Crippen molar-refractivity contribution in [2.75, 3.05) is 0 Å². The number of thiophene rings is 1. The number of benzene rings is 1. The lowest BCUT2D eigenvalue weighted by Crippen LogP contribution is -2.27. The normalized spacial score (nSPS) is 12.4. The number of hydrogen-bond donors (Lipinski definition) is 2. The van der Waals surface area contributed by atoms with Crippen molar-refractivity contribution in [3.05, 3.63) is 58.4 Å². The van der Waals surface area contributed by atoms with E-state index in [1.165, 1.54) is 4.88 Å². The molecule has 2 heterocycles. The molecule has 0 spiro atoms. The Morgan fingerprint density at radius 3 is 3.00 bits per heavy atom. The molecule has 0 saturated carbocycles. The molecular weight excluding hydrogens is 268 g/mol. The molecule has 2 N–H and O–H groups in total. The summed E-state index contributed by atoms with van der Waals surface area (Å²) in [5, 5.41) is 6.25. The van der Waals surface area contributed by atoms with Gasteiger partial charge in [0, 0.05) is 22.2 Å². The average molecular weight is 284 g/mol. The van der Waals surface area contributed by atoms with Crippen molar-refractivity contribution < 1.29 is 4.79 Å². The maximum Gasteiger partial charge on any atom is 0.251 e. The number of fused-ring (bicyclic) bond motifs is 1. The van der Waals surface area contributed by atoms with Crippen molar-refractivity contribution in [3.8, 4) is 0 Å². The van der Waals surface area contributed by atoms with Crippen LogP contribution in [0.5, 0.6) is 0 Å². The van der Waals surface area contributed by atoms with Gasteiger partial charge in [0.25, 0.3) is 5.91 Å². The third-order valence-corrected chi connectivity index (χ3v) is 4.40. The largest absolute Gasteiger partial charge is 0.361 e. The van der Waals surface area contributed by atoms with Crippen LogP contribution >= 0.6 is 11.3 Å². The van der Waals surface area contributed by atoms with Crippen molar-refractivity contribution in [1.29, 1.82) is 0 Å². The Labute approximate surface area is 121 Å². The quantitative estimate of drug-likeness (QED) is 0.744. The van der Waals surface area contributed by atoms with Gasteiger partial charge in [-0.05, 0) is 41.5 Å². The lowest BCUT2D eigenvalue weighted by Gasteiger charge is -2.15. The first kappa shape index (κ1) is 12.9. The third-order valence-electron chi connectivity index (χ3n) is 3.42. The molecule has 4 heteroatoms. The van der Waals surface area contributed by atoms with E-state index in [2.05, 4.69) is 23.3 Å². The second-order valence-corrected chi connectivity index (χ2v) is 5.71. The number of nitrogens with one attached hydrogen (secondary N) is 2. The number of hydrogen-bond acceptors (Lipinski definition) is 2. The van der Waals surface area contributed by atoms with Gasteiger partial charge in [-0.1, -0.05) is 19.1 Å². The van der Waals surface area contributed by atoms with Gasteiger partial charge in [-0.2, -0.15) is 0 Å². The van der Waals surface area contributed by atoms with Crippen LogP contribution in [0.15, 0.2) is 48.0 Å². The van der Waals surface area contributed by atoms with E-state index in [9.17, 15) is 4.79 Å². The highest BCUT2D eigenvalue weighted by molar-refractivity contribution is 7.10. The Morgan fingerprint density at radius 1 is 1.35 bits per heavy atom. The second-order valence-electron chi connectivity index (χ2n) is 4.73. The molecule has 0 aliphatic rings. The zero-order chi connectivity index (χ0) is 13.9. The number of H-pyrrole nitrogens is 1. The number of rotatable bonds is 4. The van der Waals surface area contributed by atoms with Gasteiger partial charge in [0.05, 0.1) is 6.04 Å². The molecule has 0 aliphatic heterocycles. The van der Waals surface area contributed by atoms with Crippen molar-refractivity contribution in [1.82, 2.24) is 10.3 Å². The van der Waals surface area contributed by atoms with Gasteiger partial charge in [0.2, 0.25) is 0 Å². The highest BCUT2D eigenvalue weighted by atomic mass is 32.1. The van der Waals surface area contributed by atoms with E-state index in [4.69, 9.17) is 0 Å². The molecule has 0 saturated heterocycles. The Kier molecular flexibility index (Phi) is 3.56. The SMILES string of the molecule is CCC(NC(=O)c1ccc2cc[nH]c2c1)c1cccs1. The third kappa shape index (κ3) is 2.47. The van der Waals surface area contributed by atoms with Crippen LogP contribution in [0.2, 0.25) is 0 Å². The molecule has 1 atom stereocenters. The van der Waals surface area contributed by atoms with Crippen LogP contribution in [0.25, 0.3) is 10.9 Å². The van der Waals surface area contributed by atoms with Gasteiger partial charge in [0.15, 0.2) is 0 Å². The second kappa shape index (κ2) is 5.51. The zero-order valence-electron chi connectivity index (χ0n) is 11.2. The summed E-state index contributed by atoms with van der Waals surface area (Å²) in [6.45, 7) is 2.08. The Bertz CT molecular complexity index is 715. The fraction of sp³-hybridized carbons (Fsp3) is 0.188. The summed E-state index contributed by atoms with van der Waals surface area (Å²) in [6.07, 6.45) is 2.77. The Hall–Kier alpha value is -2.07. The first-order chi connectivity index (χ1) is 9.78. The molecule has 0 bridgehead atoms. The van der Waals surface area contributed by atoms with Crippen LogP contribution < -0.4 is 5.32 Å². The van der Waals surface area contributed by atoms with Crippen LogP contribution in [-0.4, -0.2) is 10.9 Å². The summed E-state index contributed by atoms with van der Waals surface area (Å²) in [4.78, 5) is 16.7. The summed E-state index contributed by atoms with van der Waals surface area (Å²) >= 11 is 1.68. The number of aromatic amines is 1. The van der Waals surface area contributed by atoms with E-state index in [1.54, 1.807) is 11.3 Å². The lowest BCUT2D eigenvalue weighted by atomic mass is 10.1. The van der Waals surface area contributed by atoms with Crippen LogP contribution in [0.3, 0.4) is 0 Å². The van der Waals surface area contributed by atoms with Gasteiger partial charge in [-0.15, -0.1) is 11.3 Å². The highest BCUT2D eigenvalue weighted by Gasteiger charge is 2.15. The maximum absolute atomic E-state index is 12.4. The fourth-order valence-electron chi connectivity index (χ4n) is 2.29. The molecule has 1 aromatic carbocycles.